The molecule has 3 aliphatic carbocycles. The molecule has 1 aliphatic heterocycles. The van der Waals surface area contributed by atoms with Gasteiger partial charge in [0.05, 0.1) is 6.04 Å². The number of hydrogen-bond donors (Lipinski definition) is 3. The van der Waals surface area contributed by atoms with Crippen molar-refractivity contribution in [2.75, 3.05) is 0 Å². The normalized spacial score (nSPS) is 34.6. The van der Waals surface area contributed by atoms with E-state index in [0.717, 1.165) is 55.3 Å². The Balaban J connectivity index is 1.18. The lowest BCUT2D eigenvalue weighted by Crippen LogP contribution is -2.54. The molecule has 4 aliphatic rings. The molecular formula is C32H38N2O4. The number of allylic oxidation sites excluding steroid dienone is 2. The van der Waals surface area contributed by atoms with Crippen LogP contribution in [0.3, 0.4) is 0 Å². The molecule has 3 N–H and O–H groups in total. The van der Waals surface area contributed by atoms with E-state index in [9.17, 15) is 14.7 Å². The van der Waals surface area contributed by atoms with E-state index in [1.54, 1.807) is 12.1 Å². The molecule has 0 bridgehead atoms. The average molecular weight is 515 g/mol. The van der Waals surface area contributed by atoms with Gasteiger partial charge in [0.15, 0.2) is 0 Å². The lowest BCUT2D eigenvalue weighted by molar-refractivity contribution is -0.125. The van der Waals surface area contributed by atoms with Gasteiger partial charge in [-0.2, -0.15) is 0 Å². The predicted molar refractivity (Wildman–Crippen MR) is 145 cm³/mol. The van der Waals surface area contributed by atoms with Gasteiger partial charge in [-0.05, 0) is 79.5 Å². The number of amides is 2. The minimum absolute atomic E-state index is 0.0428. The van der Waals surface area contributed by atoms with Crippen LogP contribution in [-0.2, 0) is 9.53 Å². The van der Waals surface area contributed by atoms with E-state index in [2.05, 4.69) is 30.6 Å². The monoisotopic (exact) mass is 514 g/mol. The molecule has 1 heterocycles. The van der Waals surface area contributed by atoms with Crippen LogP contribution in [0.25, 0.3) is 0 Å². The van der Waals surface area contributed by atoms with Gasteiger partial charge in [-0.1, -0.05) is 62.4 Å². The molecule has 1 saturated heterocycles. The van der Waals surface area contributed by atoms with Crippen LogP contribution in [0.5, 0.6) is 5.75 Å². The number of phenolic OH excluding ortho intramolecular Hbond substituents is 1. The smallest absolute Gasteiger partial charge is 0.408 e. The van der Waals surface area contributed by atoms with Gasteiger partial charge in [0.1, 0.15) is 11.9 Å². The van der Waals surface area contributed by atoms with Crippen LogP contribution in [0.4, 0.5) is 4.79 Å². The van der Waals surface area contributed by atoms with E-state index >= 15 is 0 Å². The Morgan fingerprint density at radius 2 is 1.74 bits per heavy atom. The molecule has 2 aromatic carbocycles. The fourth-order valence-electron chi connectivity index (χ4n) is 8.29. The number of carbonyl (C=O) groups excluding carboxylic acids is 2. The van der Waals surface area contributed by atoms with Gasteiger partial charge >= 0.3 is 6.09 Å². The summed E-state index contributed by atoms with van der Waals surface area (Å²) in [5.74, 6) is 1.97. The fraction of sp³-hybridized carbons (Fsp3) is 0.500. The van der Waals surface area contributed by atoms with Crippen molar-refractivity contribution in [3.05, 3.63) is 77.5 Å². The summed E-state index contributed by atoms with van der Waals surface area (Å²) < 4.78 is 6.23. The van der Waals surface area contributed by atoms with Gasteiger partial charge in [0, 0.05) is 22.9 Å². The van der Waals surface area contributed by atoms with Crippen molar-refractivity contribution >= 4 is 12.0 Å². The van der Waals surface area contributed by atoms with Gasteiger partial charge in [-0.25, -0.2) is 4.79 Å². The second-order valence-corrected chi connectivity index (χ2v) is 12.3. The molecule has 200 valence electrons. The average Bonchev–Trinajstić information content (AvgIpc) is 3.24. The first-order valence-corrected chi connectivity index (χ1v) is 14.1. The number of hydrogen-bond acceptors (Lipinski definition) is 4. The molecule has 0 spiro atoms. The van der Waals surface area contributed by atoms with Crippen molar-refractivity contribution in [2.45, 2.75) is 70.9 Å². The number of nitrogens with one attached hydrogen (secondary N) is 2. The van der Waals surface area contributed by atoms with Crippen molar-refractivity contribution in [3.8, 4) is 5.75 Å². The Bertz CT molecular complexity index is 1240. The molecular weight excluding hydrogens is 476 g/mol. The maximum Gasteiger partial charge on any atom is 0.408 e. The number of fused-ring (bicyclic) bond motifs is 5. The van der Waals surface area contributed by atoms with Gasteiger partial charge in [-0.15, -0.1) is 0 Å². The van der Waals surface area contributed by atoms with Crippen LogP contribution >= 0.6 is 0 Å². The van der Waals surface area contributed by atoms with Crippen LogP contribution < -0.4 is 10.6 Å². The highest BCUT2D eigenvalue weighted by atomic mass is 16.6. The van der Waals surface area contributed by atoms with Crippen molar-refractivity contribution in [3.63, 3.8) is 0 Å². The summed E-state index contributed by atoms with van der Waals surface area (Å²) in [4.78, 5) is 25.4. The maximum atomic E-state index is 13.4. The number of ether oxygens (including phenoxy) is 1. The van der Waals surface area contributed by atoms with E-state index in [1.807, 2.05) is 42.5 Å². The van der Waals surface area contributed by atoms with Gasteiger partial charge < -0.3 is 20.5 Å². The Hall–Kier alpha value is -3.28. The Morgan fingerprint density at radius 1 is 1.00 bits per heavy atom. The number of carbonyl (C=O) groups is 2. The highest BCUT2D eigenvalue weighted by molar-refractivity contribution is 5.79. The number of rotatable bonds is 4. The van der Waals surface area contributed by atoms with Gasteiger partial charge in [-0.3, -0.25) is 4.79 Å². The Kier molecular flexibility index (Phi) is 6.24. The number of phenols is 1. The summed E-state index contributed by atoms with van der Waals surface area (Å²) in [6, 6.07) is 16.4. The fourth-order valence-corrected chi connectivity index (χ4v) is 8.29. The molecule has 1 unspecified atom stereocenters. The summed E-state index contributed by atoms with van der Waals surface area (Å²) in [6.45, 7) is 4.68. The first-order valence-electron chi connectivity index (χ1n) is 14.1. The topological polar surface area (TPSA) is 87.7 Å². The molecule has 7 atom stereocenters. The van der Waals surface area contributed by atoms with Crippen molar-refractivity contribution < 1.29 is 19.4 Å². The zero-order valence-electron chi connectivity index (χ0n) is 22.3. The van der Waals surface area contributed by atoms with Crippen molar-refractivity contribution in [1.29, 1.82) is 0 Å². The number of alkyl carbamates (subject to hydrolysis) is 1. The van der Waals surface area contributed by atoms with Crippen LogP contribution in [0, 0.1) is 28.6 Å². The van der Waals surface area contributed by atoms with Gasteiger partial charge in [0.25, 0.3) is 0 Å². The predicted octanol–water partition coefficient (Wildman–Crippen LogP) is 6.22. The van der Waals surface area contributed by atoms with Crippen molar-refractivity contribution in [1.82, 2.24) is 10.6 Å². The molecule has 0 aromatic heterocycles. The molecule has 2 saturated carbocycles. The maximum absolute atomic E-state index is 13.4. The van der Waals surface area contributed by atoms with Crippen molar-refractivity contribution in [2.24, 2.45) is 28.6 Å². The summed E-state index contributed by atoms with van der Waals surface area (Å²) >= 11 is 0. The van der Waals surface area contributed by atoms with Crippen LogP contribution in [0.1, 0.15) is 76.0 Å². The molecule has 0 radical (unpaired) electrons. The number of aromatic hydroxyl groups is 1. The van der Waals surface area contributed by atoms with Crippen LogP contribution in [0.15, 0.2) is 66.4 Å². The third kappa shape index (κ3) is 4.18. The molecule has 6 rings (SSSR count). The third-order valence-corrected chi connectivity index (χ3v) is 10.4. The lowest BCUT2D eigenvalue weighted by Gasteiger charge is -2.56. The SMILES string of the molecule is C[C@]12CC[C@H]3[C@@H](CC=C4NC(=O)CC[C@@]43C)[C@@H]1CC[C@@H]2OC(=O)NC(c1ccccc1)c1ccc(O)cc1. The summed E-state index contributed by atoms with van der Waals surface area (Å²) in [5.41, 5.74) is 2.99. The quantitative estimate of drug-likeness (QED) is 0.452. The van der Waals surface area contributed by atoms with Crippen LogP contribution in [0.2, 0.25) is 0 Å². The third-order valence-electron chi connectivity index (χ3n) is 10.4. The summed E-state index contributed by atoms with van der Waals surface area (Å²) in [5, 5.41) is 16.1. The van der Waals surface area contributed by atoms with E-state index in [1.165, 1.54) is 0 Å². The molecule has 6 nitrogen and oxygen atoms in total. The minimum Gasteiger partial charge on any atom is -0.508 e. The molecule has 3 fully saturated rings. The highest BCUT2D eigenvalue weighted by Gasteiger charge is 2.59. The van der Waals surface area contributed by atoms with Crippen LogP contribution in [-0.4, -0.2) is 23.2 Å². The van der Waals surface area contributed by atoms with E-state index < -0.39 is 6.09 Å². The first-order chi connectivity index (χ1) is 18.3. The van der Waals surface area contributed by atoms with E-state index in [0.29, 0.717) is 24.2 Å². The Morgan fingerprint density at radius 3 is 2.50 bits per heavy atom. The minimum atomic E-state index is -0.395. The van der Waals surface area contributed by atoms with E-state index in [-0.39, 0.29) is 34.6 Å². The zero-order valence-corrected chi connectivity index (χ0v) is 22.3. The zero-order chi connectivity index (χ0) is 26.5. The van der Waals surface area contributed by atoms with Gasteiger partial charge in [0.2, 0.25) is 5.91 Å². The standard InChI is InChI=1S/C32H38N2O4/c1-31-19-17-28(36)33-26(31)14-12-23-24-13-15-27(32(24,2)18-16-25(23)31)38-30(37)34-29(20-6-4-3-5-7-20)21-8-10-22(35)11-9-21/h3-11,14,23-25,27,29,35H,12-13,15-19H2,1-2H3,(H,33,36)(H,34,37)/t23-,24-,25-,27-,29?,31+,32-/m0/s1. The first kappa shape index (κ1) is 25.0. The molecule has 38 heavy (non-hydrogen) atoms. The second-order valence-electron chi connectivity index (χ2n) is 12.3. The molecule has 6 heteroatoms. The lowest BCUT2D eigenvalue weighted by atomic mass is 9.50. The highest BCUT2D eigenvalue weighted by Crippen LogP contribution is 2.64. The number of piperidine rings is 1. The van der Waals surface area contributed by atoms with E-state index in [4.69, 9.17) is 4.74 Å². The summed E-state index contributed by atoms with van der Waals surface area (Å²) in [7, 11) is 0. The largest absolute Gasteiger partial charge is 0.508 e. The summed E-state index contributed by atoms with van der Waals surface area (Å²) in [6.07, 6.45) is 8.39. The molecule has 2 amide bonds. The molecule has 2 aromatic rings. The Labute approximate surface area is 224 Å². The number of benzene rings is 2. The second kappa shape index (κ2) is 9.48.